The second-order valence-electron chi connectivity index (χ2n) is 17.4. The lowest BCUT2D eigenvalue weighted by molar-refractivity contribution is -0.167. The van der Waals surface area contributed by atoms with Crippen LogP contribution in [0, 0.1) is 0 Å². The molecular weight excluding hydrogens is 733 g/mol. The van der Waals surface area contributed by atoms with Crippen molar-refractivity contribution in [3.63, 3.8) is 0 Å². The van der Waals surface area contributed by atoms with Crippen LogP contribution in [0.1, 0.15) is 278 Å². The molecule has 6 heteroatoms. The van der Waals surface area contributed by atoms with Crippen LogP contribution in [-0.4, -0.2) is 37.2 Å². The van der Waals surface area contributed by atoms with Gasteiger partial charge in [0, 0.05) is 19.3 Å². The molecule has 0 rings (SSSR count). The second kappa shape index (κ2) is 48.6. The molecule has 0 saturated carbocycles. The van der Waals surface area contributed by atoms with Crippen LogP contribution in [0.2, 0.25) is 0 Å². The number of carbonyl (C=O) groups excluding carboxylic acids is 3. The highest BCUT2D eigenvalue weighted by Gasteiger charge is 2.19. The molecule has 0 aliphatic rings. The summed E-state index contributed by atoms with van der Waals surface area (Å²) in [4.78, 5) is 37.9. The average molecular weight is 831 g/mol. The first-order valence-corrected chi connectivity index (χ1v) is 25.8. The minimum atomic E-state index is -0.772. The van der Waals surface area contributed by atoms with Crippen LogP contribution in [0.3, 0.4) is 0 Å². The molecule has 0 aromatic carbocycles. The van der Waals surface area contributed by atoms with Crippen LogP contribution in [0.4, 0.5) is 0 Å². The summed E-state index contributed by atoms with van der Waals surface area (Å²) in [5.74, 6) is -0.880. The van der Waals surface area contributed by atoms with E-state index < -0.39 is 6.10 Å². The standard InChI is InChI=1S/C53H98O6/c1-4-7-10-13-16-19-22-24-26-28-31-33-36-39-42-45-51(54)57-48-50(59-53(56)47-44-41-38-35-30-21-18-15-12-9-6-3)49-58-52(55)46-43-40-37-34-32-29-27-25-23-20-17-14-11-8-5-2/h24-27,50H,4-23,28-49H2,1-3H3/b26-24-,27-25-. The Morgan fingerprint density at radius 2 is 0.559 bits per heavy atom. The van der Waals surface area contributed by atoms with Crippen LogP contribution in [0.5, 0.6) is 0 Å². The third-order valence-corrected chi connectivity index (χ3v) is 11.4. The highest BCUT2D eigenvalue weighted by atomic mass is 16.6. The summed E-state index contributed by atoms with van der Waals surface area (Å²) in [7, 11) is 0. The van der Waals surface area contributed by atoms with Crippen molar-refractivity contribution in [2.45, 2.75) is 284 Å². The Kier molecular flexibility index (Phi) is 46.8. The minimum Gasteiger partial charge on any atom is -0.462 e. The number of esters is 3. The Morgan fingerprint density at radius 1 is 0.322 bits per heavy atom. The molecule has 0 amide bonds. The fourth-order valence-electron chi connectivity index (χ4n) is 7.49. The summed E-state index contributed by atoms with van der Waals surface area (Å²) >= 11 is 0. The highest BCUT2D eigenvalue weighted by Crippen LogP contribution is 2.15. The molecule has 0 radical (unpaired) electrons. The lowest BCUT2D eigenvalue weighted by Crippen LogP contribution is -2.30. The molecule has 0 aliphatic carbocycles. The van der Waals surface area contributed by atoms with Crippen molar-refractivity contribution < 1.29 is 28.6 Å². The normalized spacial score (nSPS) is 11.7. The van der Waals surface area contributed by atoms with Crippen LogP contribution >= 0.6 is 0 Å². The van der Waals surface area contributed by atoms with Gasteiger partial charge < -0.3 is 14.2 Å². The molecule has 0 unspecified atom stereocenters. The molecule has 0 aromatic rings. The fraction of sp³-hybridized carbons (Fsp3) is 0.868. The summed E-state index contributed by atoms with van der Waals surface area (Å²) in [6.07, 6.45) is 54.4. The number of allylic oxidation sites excluding steroid dienone is 4. The molecular formula is C53H98O6. The van der Waals surface area contributed by atoms with Crippen molar-refractivity contribution in [3.05, 3.63) is 24.3 Å². The van der Waals surface area contributed by atoms with Gasteiger partial charge >= 0.3 is 17.9 Å². The van der Waals surface area contributed by atoms with Gasteiger partial charge in [0.15, 0.2) is 6.10 Å². The van der Waals surface area contributed by atoms with E-state index in [1.165, 1.54) is 167 Å². The Hall–Kier alpha value is -2.11. The van der Waals surface area contributed by atoms with Gasteiger partial charge in [0.25, 0.3) is 0 Å². The number of rotatable bonds is 47. The van der Waals surface area contributed by atoms with Crippen molar-refractivity contribution in [2.75, 3.05) is 13.2 Å². The number of carbonyl (C=O) groups is 3. The van der Waals surface area contributed by atoms with Crippen LogP contribution < -0.4 is 0 Å². The number of hydrogen-bond acceptors (Lipinski definition) is 6. The zero-order chi connectivity index (χ0) is 43.0. The number of unbranched alkanes of at least 4 members (excludes halogenated alkanes) is 32. The minimum absolute atomic E-state index is 0.0748. The lowest BCUT2D eigenvalue weighted by Gasteiger charge is -2.18. The summed E-state index contributed by atoms with van der Waals surface area (Å²) in [6, 6.07) is 0. The Bertz CT molecular complexity index is 902. The number of ether oxygens (including phenoxy) is 3. The first-order valence-electron chi connectivity index (χ1n) is 25.8. The molecule has 59 heavy (non-hydrogen) atoms. The van der Waals surface area contributed by atoms with Crippen molar-refractivity contribution in [3.8, 4) is 0 Å². The molecule has 0 aliphatic heterocycles. The van der Waals surface area contributed by atoms with Gasteiger partial charge in [0.05, 0.1) is 0 Å². The Balaban J connectivity index is 4.34. The molecule has 0 atom stereocenters. The third kappa shape index (κ3) is 46.8. The van der Waals surface area contributed by atoms with E-state index in [9.17, 15) is 14.4 Å². The van der Waals surface area contributed by atoms with Crippen LogP contribution in [0.15, 0.2) is 24.3 Å². The lowest BCUT2D eigenvalue weighted by atomic mass is 10.1. The second-order valence-corrected chi connectivity index (χ2v) is 17.4. The largest absolute Gasteiger partial charge is 0.462 e. The van der Waals surface area contributed by atoms with Gasteiger partial charge in [-0.3, -0.25) is 14.4 Å². The predicted molar refractivity (Wildman–Crippen MR) is 252 cm³/mol. The molecule has 0 N–H and O–H groups in total. The smallest absolute Gasteiger partial charge is 0.306 e. The third-order valence-electron chi connectivity index (χ3n) is 11.4. The SMILES string of the molecule is CCCCCCCC/C=C\CCCCCCCC(=O)OCC(COC(=O)CCCCCCC/C=C\CCCCCCCC)OC(=O)CCCCCCCCCCCCC. The van der Waals surface area contributed by atoms with Gasteiger partial charge in [-0.25, -0.2) is 0 Å². The van der Waals surface area contributed by atoms with Crippen molar-refractivity contribution >= 4 is 17.9 Å². The molecule has 0 saturated heterocycles. The van der Waals surface area contributed by atoms with E-state index in [1.54, 1.807) is 0 Å². The van der Waals surface area contributed by atoms with Gasteiger partial charge in [-0.05, 0) is 70.6 Å². The van der Waals surface area contributed by atoms with Crippen LogP contribution in [0.25, 0.3) is 0 Å². The summed E-state index contributed by atoms with van der Waals surface area (Å²) in [6.45, 7) is 6.63. The monoisotopic (exact) mass is 831 g/mol. The first kappa shape index (κ1) is 56.9. The quantitative estimate of drug-likeness (QED) is 0.0263. The molecule has 0 heterocycles. The zero-order valence-corrected chi connectivity index (χ0v) is 39.5. The van der Waals surface area contributed by atoms with E-state index in [-0.39, 0.29) is 31.1 Å². The highest BCUT2D eigenvalue weighted by molar-refractivity contribution is 5.71. The Labute approximate surface area is 366 Å². The van der Waals surface area contributed by atoms with E-state index >= 15 is 0 Å². The maximum atomic E-state index is 12.7. The molecule has 0 bridgehead atoms. The van der Waals surface area contributed by atoms with Crippen molar-refractivity contribution in [1.29, 1.82) is 0 Å². The maximum absolute atomic E-state index is 12.7. The van der Waals surface area contributed by atoms with Crippen LogP contribution in [-0.2, 0) is 28.6 Å². The Morgan fingerprint density at radius 3 is 0.847 bits per heavy atom. The average Bonchev–Trinajstić information content (AvgIpc) is 3.23. The van der Waals surface area contributed by atoms with E-state index in [4.69, 9.17) is 14.2 Å². The van der Waals surface area contributed by atoms with Crippen molar-refractivity contribution in [2.24, 2.45) is 0 Å². The first-order chi connectivity index (χ1) is 29.0. The fourth-order valence-corrected chi connectivity index (χ4v) is 7.49. The van der Waals surface area contributed by atoms with E-state index in [0.717, 1.165) is 70.6 Å². The molecule has 6 nitrogen and oxygen atoms in total. The van der Waals surface area contributed by atoms with Gasteiger partial charge in [0.2, 0.25) is 0 Å². The van der Waals surface area contributed by atoms with Crippen molar-refractivity contribution in [1.82, 2.24) is 0 Å². The predicted octanol–water partition coefficient (Wildman–Crippen LogP) is 16.8. The summed E-state index contributed by atoms with van der Waals surface area (Å²) in [5, 5.41) is 0. The molecule has 0 fully saturated rings. The number of hydrogen-bond donors (Lipinski definition) is 0. The van der Waals surface area contributed by atoms with Gasteiger partial charge in [-0.15, -0.1) is 0 Å². The topological polar surface area (TPSA) is 78.9 Å². The van der Waals surface area contributed by atoms with E-state index in [1.807, 2.05) is 0 Å². The van der Waals surface area contributed by atoms with E-state index in [2.05, 4.69) is 45.1 Å². The zero-order valence-electron chi connectivity index (χ0n) is 39.5. The summed E-state index contributed by atoms with van der Waals surface area (Å²) < 4.78 is 16.8. The molecule has 0 aromatic heterocycles. The maximum Gasteiger partial charge on any atom is 0.306 e. The molecule has 0 spiro atoms. The van der Waals surface area contributed by atoms with Gasteiger partial charge in [-0.1, -0.05) is 212 Å². The molecule has 346 valence electrons. The van der Waals surface area contributed by atoms with E-state index in [0.29, 0.717) is 19.3 Å². The van der Waals surface area contributed by atoms with Gasteiger partial charge in [-0.2, -0.15) is 0 Å². The van der Waals surface area contributed by atoms with Gasteiger partial charge in [0.1, 0.15) is 13.2 Å². The summed E-state index contributed by atoms with van der Waals surface area (Å²) in [5.41, 5.74) is 0.